The number of carbonyl (C=O) groups excluding carboxylic acids is 1. The highest BCUT2D eigenvalue weighted by Gasteiger charge is 2.23. The zero-order chi connectivity index (χ0) is 21.4. The van der Waals surface area contributed by atoms with E-state index in [1.807, 2.05) is 0 Å². The van der Waals surface area contributed by atoms with Gasteiger partial charge >= 0.3 is 5.97 Å². The molecule has 0 bridgehead atoms. The molecule has 3 aromatic carbocycles. The summed E-state index contributed by atoms with van der Waals surface area (Å²) in [6.07, 6.45) is 0. The number of furan rings is 1. The molecule has 0 saturated heterocycles. The first-order valence-corrected chi connectivity index (χ1v) is 8.97. The van der Waals surface area contributed by atoms with Gasteiger partial charge in [-0.15, -0.1) is 0 Å². The molecule has 0 unspecified atom stereocenters. The molecule has 0 spiro atoms. The lowest BCUT2D eigenvalue weighted by Crippen LogP contribution is -2.18. The molecule has 30 heavy (non-hydrogen) atoms. The number of carboxylic acid groups (broad SMARTS) is 1. The second-order valence-electron chi connectivity index (χ2n) is 6.58. The number of carboxylic acids is 1. The van der Waals surface area contributed by atoms with E-state index in [1.54, 1.807) is 18.2 Å². The lowest BCUT2D eigenvalue weighted by molar-refractivity contribution is 0.0691. The van der Waals surface area contributed by atoms with Gasteiger partial charge in [0, 0.05) is 23.6 Å². The minimum Gasteiger partial charge on any atom is -0.478 e. The molecule has 0 radical (unpaired) electrons. The molecule has 0 atom stereocenters. The Bertz CT molecular complexity index is 1290. The Morgan fingerprint density at radius 2 is 1.67 bits per heavy atom. The van der Waals surface area contributed by atoms with Crippen LogP contribution in [0, 0.1) is 11.6 Å². The van der Waals surface area contributed by atoms with Crippen molar-refractivity contribution in [3.8, 4) is 22.5 Å². The van der Waals surface area contributed by atoms with E-state index >= 15 is 0 Å². The molecule has 5 nitrogen and oxygen atoms in total. The smallest absolute Gasteiger partial charge is 0.338 e. The van der Waals surface area contributed by atoms with Crippen molar-refractivity contribution in [2.75, 3.05) is 7.05 Å². The monoisotopic (exact) mass is 407 g/mol. The first kappa shape index (κ1) is 19.3. The van der Waals surface area contributed by atoms with Crippen LogP contribution in [0.1, 0.15) is 20.7 Å². The Morgan fingerprint density at radius 1 is 0.967 bits per heavy atom. The van der Waals surface area contributed by atoms with Crippen LogP contribution in [-0.2, 0) is 0 Å². The second-order valence-corrected chi connectivity index (χ2v) is 6.58. The zero-order valence-electron chi connectivity index (χ0n) is 15.7. The van der Waals surface area contributed by atoms with Crippen LogP contribution in [0.2, 0.25) is 0 Å². The number of rotatable bonds is 4. The van der Waals surface area contributed by atoms with Crippen LogP contribution in [0.3, 0.4) is 0 Å². The van der Waals surface area contributed by atoms with Crippen LogP contribution >= 0.6 is 0 Å². The summed E-state index contributed by atoms with van der Waals surface area (Å²) < 4.78 is 33.9. The Kier molecular flexibility index (Phi) is 4.79. The standard InChI is InChI=1S/C23H15F2NO4/c1-26-22(27)19-17-11-13(15-3-2-4-16(20(15)25)23(28)29)7-10-18(17)30-21(19)12-5-8-14(24)9-6-12/h2-11H,1H3,(H,26,27)(H,28,29). The fourth-order valence-corrected chi connectivity index (χ4v) is 3.34. The van der Waals surface area contributed by atoms with Gasteiger partial charge in [0.05, 0.1) is 11.1 Å². The van der Waals surface area contributed by atoms with Gasteiger partial charge in [-0.25, -0.2) is 13.6 Å². The van der Waals surface area contributed by atoms with E-state index in [9.17, 15) is 23.5 Å². The van der Waals surface area contributed by atoms with Crippen molar-refractivity contribution in [2.24, 2.45) is 0 Å². The van der Waals surface area contributed by atoms with Crippen molar-refractivity contribution >= 4 is 22.8 Å². The van der Waals surface area contributed by atoms with Crippen LogP contribution in [0.5, 0.6) is 0 Å². The van der Waals surface area contributed by atoms with Gasteiger partial charge in [-0.05, 0) is 48.0 Å². The van der Waals surface area contributed by atoms with Crippen LogP contribution in [-0.4, -0.2) is 24.0 Å². The lowest BCUT2D eigenvalue weighted by Gasteiger charge is -2.07. The van der Waals surface area contributed by atoms with Gasteiger partial charge in [0.25, 0.3) is 5.91 Å². The Balaban J connectivity index is 1.95. The molecule has 0 aliphatic rings. The Morgan fingerprint density at radius 3 is 2.33 bits per heavy atom. The van der Waals surface area contributed by atoms with Crippen molar-refractivity contribution in [2.45, 2.75) is 0 Å². The van der Waals surface area contributed by atoms with E-state index in [2.05, 4.69) is 5.32 Å². The van der Waals surface area contributed by atoms with Gasteiger partial charge in [0.1, 0.15) is 23.0 Å². The van der Waals surface area contributed by atoms with Crippen molar-refractivity contribution < 1.29 is 27.9 Å². The van der Waals surface area contributed by atoms with Gasteiger partial charge in [-0.1, -0.05) is 18.2 Å². The highest BCUT2D eigenvalue weighted by Crippen LogP contribution is 2.36. The van der Waals surface area contributed by atoms with Crippen LogP contribution < -0.4 is 5.32 Å². The molecule has 4 aromatic rings. The van der Waals surface area contributed by atoms with Crippen molar-refractivity contribution in [3.05, 3.63) is 83.4 Å². The number of benzene rings is 3. The molecule has 150 valence electrons. The predicted octanol–water partition coefficient (Wildman–Crippen LogP) is 5.10. The molecule has 7 heteroatoms. The summed E-state index contributed by atoms with van der Waals surface area (Å²) >= 11 is 0. The largest absolute Gasteiger partial charge is 0.478 e. The molecule has 1 heterocycles. The fraction of sp³-hybridized carbons (Fsp3) is 0.0435. The molecule has 0 saturated carbocycles. The normalized spacial score (nSPS) is 10.9. The summed E-state index contributed by atoms with van der Waals surface area (Å²) in [6.45, 7) is 0. The van der Waals surface area contributed by atoms with Crippen LogP contribution in [0.15, 0.2) is 65.1 Å². The number of aromatic carboxylic acids is 1. The summed E-state index contributed by atoms with van der Waals surface area (Å²) in [4.78, 5) is 23.9. The number of fused-ring (bicyclic) bond motifs is 1. The number of nitrogens with one attached hydrogen (secondary N) is 1. The maximum atomic E-state index is 14.7. The minimum atomic E-state index is -1.37. The van der Waals surface area contributed by atoms with Gasteiger partial charge in [0.2, 0.25) is 0 Å². The van der Waals surface area contributed by atoms with Gasteiger partial charge in [-0.3, -0.25) is 4.79 Å². The summed E-state index contributed by atoms with van der Waals surface area (Å²) in [5.41, 5.74) is 1.14. The van der Waals surface area contributed by atoms with E-state index in [0.717, 1.165) is 0 Å². The number of hydrogen-bond donors (Lipinski definition) is 2. The molecule has 0 fully saturated rings. The summed E-state index contributed by atoms with van der Waals surface area (Å²) in [5.74, 6) is -2.84. The number of halogens is 2. The Labute approximate surface area is 169 Å². The molecule has 1 amide bonds. The van der Waals surface area contributed by atoms with Crippen molar-refractivity contribution in [1.29, 1.82) is 0 Å². The number of hydrogen-bond acceptors (Lipinski definition) is 3. The van der Waals surface area contributed by atoms with E-state index in [1.165, 1.54) is 49.5 Å². The van der Waals surface area contributed by atoms with Crippen LogP contribution in [0.25, 0.3) is 33.4 Å². The molecular weight excluding hydrogens is 392 g/mol. The molecule has 1 aromatic heterocycles. The van der Waals surface area contributed by atoms with Gasteiger partial charge in [0.15, 0.2) is 0 Å². The Hall–Kier alpha value is -4.00. The molecule has 4 rings (SSSR count). The van der Waals surface area contributed by atoms with Crippen LogP contribution in [0.4, 0.5) is 8.78 Å². The maximum Gasteiger partial charge on any atom is 0.338 e. The van der Waals surface area contributed by atoms with E-state index in [0.29, 0.717) is 22.1 Å². The third kappa shape index (κ3) is 3.20. The molecule has 0 aliphatic carbocycles. The first-order valence-electron chi connectivity index (χ1n) is 8.97. The van der Waals surface area contributed by atoms with Crippen molar-refractivity contribution in [1.82, 2.24) is 5.32 Å². The fourth-order valence-electron chi connectivity index (χ4n) is 3.34. The molecular formula is C23H15F2NO4. The maximum absolute atomic E-state index is 14.7. The SMILES string of the molecule is CNC(=O)c1c(-c2ccc(F)cc2)oc2ccc(-c3cccc(C(=O)O)c3F)cc12. The highest BCUT2D eigenvalue weighted by molar-refractivity contribution is 6.11. The second kappa shape index (κ2) is 7.44. The average Bonchev–Trinajstić information content (AvgIpc) is 3.12. The zero-order valence-corrected chi connectivity index (χ0v) is 15.7. The van der Waals surface area contributed by atoms with E-state index < -0.39 is 29.1 Å². The lowest BCUT2D eigenvalue weighted by atomic mass is 9.98. The average molecular weight is 407 g/mol. The summed E-state index contributed by atoms with van der Waals surface area (Å²) in [6, 6.07) is 14.3. The molecule has 0 aliphatic heterocycles. The number of amides is 1. The van der Waals surface area contributed by atoms with Gasteiger partial charge in [-0.2, -0.15) is 0 Å². The van der Waals surface area contributed by atoms with E-state index in [4.69, 9.17) is 4.42 Å². The van der Waals surface area contributed by atoms with E-state index in [-0.39, 0.29) is 16.9 Å². The highest BCUT2D eigenvalue weighted by atomic mass is 19.1. The third-order valence-electron chi connectivity index (χ3n) is 4.79. The molecule has 2 N–H and O–H groups in total. The predicted molar refractivity (Wildman–Crippen MR) is 107 cm³/mol. The third-order valence-corrected chi connectivity index (χ3v) is 4.79. The van der Waals surface area contributed by atoms with Gasteiger partial charge < -0.3 is 14.8 Å². The first-order chi connectivity index (χ1) is 14.4. The summed E-state index contributed by atoms with van der Waals surface area (Å²) in [7, 11) is 1.47. The topological polar surface area (TPSA) is 79.5 Å². The number of carbonyl (C=O) groups is 2. The summed E-state index contributed by atoms with van der Waals surface area (Å²) in [5, 5.41) is 12.1. The van der Waals surface area contributed by atoms with Crippen molar-refractivity contribution in [3.63, 3.8) is 0 Å². The quantitative estimate of drug-likeness (QED) is 0.493. The minimum absolute atomic E-state index is 0.0872.